The molecule has 5 N–H and O–H groups in total. The molecule has 55 heavy (non-hydrogen) atoms. The van der Waals surface area contributed by atoms with E-state index in [0.717, 1.165) is 110 Å². The van der Waals surface area contributed by atoms with Crippen molar-refractivity contribution in [2.45, 2.75) is 121 Å². The zero-order chi connectivity index (χ0) is 40.9. The van der Waals surface area contributed by atoms with Gasteiger partial charge in [-0.3, -0.25) is 24.5 Å². The Bertz CT molecular complexity index is 1470. The van der Waals surface area contributed by atoms with E-state index in [2.05, 4.69) is 137 Å². The second-order valence-corrected chi connectivity index (χ2v) is 15.1. The van der Waals surface area contributed by atoms with E-state index in [0.29, 0.717) is 49.8 Å². The molecule has 0 saturated carbocycles. The Balaban J connectivity index is 2.61. The van der Waals surface area contributed by atoms with Gasteiger partial charge in [0, 0.05) is 78.1 Å². The zero-order valence-electron chi connectivity index (χ0n) is 36.4. The van der Waals surface area contributed by atoms with Crippen molar-refractivity contribution in [3.63, 3.8) is 0 Å². The molecule has 308 valence electrons. The Labute approximate surface area is 334 Å². The predicted octanol–water partition coefficient (Wildman–Crippen LogP) is 7.83. The first-order valence-electron chi connectivity index (χ1n) is 21.2. The van der Waals surface area contributed by atoms with Gasteiger partial charge < -0.3 is 21.1 Å². The van der Waals surface area contributed by atoms with Gasteiger partial charge in [0.05, 0.1) is 0 Å². The van der Waals surface area contributed by atoms with E-state index in [9.17, 15) is 15.3 Å². The smallest absolute Gasteiger partial charge is 0.124 e. The minimum absolute atomic E-state index is 0.201. The molecule has 0 aliphatic rings. The molecule has 0 amide bonds. The van der Waals surface area contributed by atoms with Crippen molar-refractivity contribution >= 4 is 0 Å². The van der Waals surface area contributed by atoms with E-state index in [1.165, 1.54) is 0 Å². The number of phenols is 3. The summed E-state index contributed by atoms with van der Waals surface area (Å²) < 4.78 is 0. The molecule has 0 radical (unpaired) electrons. The highest BCUT2D eigenvalue weighted by Gasteiger charge is 2.36. The van der Waals surface area contributed by atoms with Gasteiger partial charge in [0.15, 0.2) is 0 Å². The number of hydrogen-bond acceptors (Lipinski definition) is 9. The second kappa shape index (κ2) is 21.9. The standard InChI is InChI=1S/C46H76N6O3/c1-12-48(13-2)29-35-23-40(22-34(28-47)43(35)53)46(11,41-24-36(30-49(14-3)15-4)44(54)37(25-41)31-50(16-5)17-6)42-26-38(32-51(18-7)19-8)45(55)39(27-42)33-52(20-9)21-10/h22-27,53-55H,12-21,28-33,47H2,1-11H3. The Morgan fingerprint density at radius 1 is 0.382 bits per heavy atom. The SMILES string of the molecule is CCN(CC)Cc1cc(C(C)(c2cc(CN(CC)CC)c(O)c(CN(CC)CC)c2)c2cc(CN(CC)CC)c(O)c(CN(CC)CC)c2)cc(CN)c1O. The number of phenolic OH excluding ortho intramolecular Hbond substituents is 3. The quantitative estimate of drug-likeness (QED) is 0.0681. The van der Waals surface area contributed by atoms with E-state index < -0.39 is 5.41 Å². The van der Waals surface area contributed by atoms with Crippen LogP contribution in [0.5, 0.6) is 17.2 Å². The van der Waals surface area contributed by atoms with Crippen LogP contribution in [-0.2, 0) is 44.7 Å². The molecule has 9 heteroatoms. The van der Waals surface area contributed by atoms with E-state index in [-0.39, 0.29) is 12.3 Å². The molecular weight excluding hydrogens is 685 g/mol. The zero-order valence-corrected chi connectivity index (χ0v) is 36.4. The van der Waals surface area contributed by atoms with E-state index >= 15 is 0 Å². The lowest BCUT2D eigenvalue weighted by atomic mass is 9.68. The van der Waals surface area contributed by atoms with Crippen LogP contribution in [0.25, 0.3) is 0 Å². The average Bonchev–Trinajstić information content (AvgIpc) is 3.21. The first kappa shape index (κ1) is 46.2. The van der Waals surface area contributed by atoms with Crippen molar-refractivity contribution in [3.8, 4) is 17.2 Å². The number of nitrogens with two attached hydrogens (primary N) is 1. The van der Waals surface area contributed by atoms with E-state index in [1.807, 2.05) is 0 Å². The maximum atomic E-state index is 12.0. The Hall–Kier alpha value is -3.18. The fourth-order valence-electron chi connectivity index (χ4n) is 7.84. The molecule has 3 rings (SSSR count). The third kappa shape index (κ3) is 11.0. The van der Waals surface area contributed by atoms with Gasteiger partial charge in [0.25, 0.3) is 0 Å². The maximum Gasteiger partial charge on any atom is 0.124 e. The maximum absolute atomic E-state index is 12.0. The minimum atomic E-state index is -0.761. The van der Waals surface area contributed by atoms with Crippen LogP contribution < -0.4 is 5.73 Å². The summed E-state index contributed by atoms with van der Waals surface area (Å²) in [5.41, 5.74) is 14.0. The van der Waals surface area contributed by atoms with Crippen molar-refractivity contribution in [3.05, 3.63) is 86.5 Å². The highest BCUT2D eigenvalue weighted by atomic mass is 16.3. The third-order valence-corrected chi connectivity index (χ3v) is 12.2. The molecule has 3 aromatic carbocycles. The average molecular weight is 761 g/mol. The molecule has 0 fully saturated rings. The number of rotatable bonds is 24. The van der Waals surface area contributed by atoms with Gasteiger partial charge in [-0.1, -0.05) is 69.2 Å². The number of aromatic hydroxyl groups is 3. The Morgan fingerprint density at radius 3 is 0.745 bits per heavy atom. The summed E-state index contributed by atoms with van der Waals surface area (Å²) in [6.45, 7) is 35.9. The molecule has 0 aliphatic carbocycles. The third-order valence-electron chi connectivity index (χ3n) is 12.2. The summed E-state index contributed by atoms with van der Waals surface area (Å²) >= 11 is 0. The lowest BCUT2D eigenvalue weighted by molar-refractivity contribution is 0.280. The fourth-order valence-corrected chi connectivity index (χ4v) is 7.84. The van der Waals surface area contributed by atoms with Crippen molar-refractivity contribution in [2.24, 2.45) is 5.73 Å². The molecule has 0 aliphatic heterocycles. The van der Waals surface area contributed by atoms with Gasteiger partial charge in [0.1, 0.15) is 17.2 Å². The van der Waals surface area contributed by atoms with E-state index in [1.54, 1.807) is 0 Å². The Kier molecular flexibility index (Phi) is 18.4. The highest BCUT2D eigenvalue weighted by molar-refractivity contribution is 5.60. The van der Waals surface area contributed by atoms with Crippen molar-refractivity contribution in [1.29, 1.82) is 0 Å². The molecular formula is C46H76N6O3. The van der Waals surface area contributed by atoms with Gasteiger partial charge >= 0.3 is 0 Å². The van der Waals surface area contributed by atoms with Crippen LogP contribution in [0.3, 0.4) is 0 Å². The van der Waals surface area contributed by atoms with Crippen LogP contribution in [0.4, 0.5) is 0 Å². The summed E-state index contributed by atoms with van der Waals surface area (Å²) in [4.78, 5) is 11.7. The molecule has 9 nitrogen and oxygen atoms in total. The largest absolute Gasteiger partial charge is 0.507 e. The van der Waals surface area contributed by atoms with Gasteiger partial charge in [-0.05, 0) is 125 Å². The van der Waals surface area contributed by atoms with Crippen LogP contribution >= 0.6 is 0 Å². The lowest BCUT2D eigenvalue weighted by Gasteiger charge is -2.36. The summed E-state index contributed by atoms with van der Waals surface area (Å²) in [5.74, 6) is 0.969. The summed E-state index contributed by atoms with van der Waals surface area (Å²) in [5, 5.41) is 35.6. The van der Waals surface area contributed by atoms with Crippen LogP contribution in [-0.4, -0.2) is 105 Å². The van der Waals surface area contributed by atoms with E-state index in [4.69, 9.17) is 5.73 Å². The molecule has 0 bridgehead atoms. The first-order chi connectivity index (χ1) is 26.3. The molecule has 0 saturated heterocycles. The highest BCUT2D eigenvalue weighted by Crippen LogP contribution is 2.46. The topological polar surface area (TPSA) is 103 Å². The predicted molar refractivity (Wildman–Crippen MR) is 231 cm³/mol. The summed E-state index contributed by atoms with van der Waals surface area (Å²) in [6, 6.07) is 13.1. The van der Waals surface area contributed by atoms with Crippen molar-refractivity contribution in [1.82, 2.24) is 24.5 Å². The Morgan fingerprint density at radius 2 is 0.564 bits per heavy atom. The molecule has 0 spiro atoms. The van der Waals surface area contributed by atoms with Crippen molar-refractivity contribution < 1.29 is 15.3 Å². The lowest BCUT2D eigenvalue weighted by Crippen LogP contribution is -2.30. The minimum Gasteiger partial charge on any atom is -0.507 e. The molecule has 0 aromatic heterocycles. The molecule has 3 aromatic rings. The van der Waals surface area contributed by atoms with Gasteiger partial charge in [-0.15, -0.1) is 0 Å². The second-order valence-electron chi connectivity index (χ2n) is 15.1. The number of benzene rings is 3. The van der Waals surface area contributed by atoms with Crippen LogP contribution in [0.2, 0.25) is 0 Å². The normalized spacial score (nSPS) is 12.4. The first-order valence-corrected chi connectivity index (χ1v) is 21.2. The van der Waals surface area contributed by atoms with Crippen LogP contribution in [0.15, 0.2) is 36.4 Å². The van der Waals surface area contributed by atoms with Gasteiger partial charge in [-0.25, -0.2) is 0 Å². The fraction of sp³-hybridized carbons (Fsp3) is 0.609. The van der Waals surface area contributed by atoms with Gasteiger partial charge in [0.2, 0.25) is 0 Å². The summed E-state index contributed by atoms with van der Waals surface area (Å²) in [6.07, 6.45) is 0. The number of hydrogen-bond donors (Lipinski definition) is 4. The van der Waals surface area contributed by atoms with Crippen LogP contribution in [0.1, 0.15) is 126 Å². The molecule has 0 atom stereocenters. The number of nitrogens with zero attached hydrogens (tertiary/aromatic N) is 5. The van der Waals surface area contributed by atoms with Crippen molar-refractivity contribution in [2.75, 3.05) is 65.4 Å². The van der Waals surface area contributed by atoms with Crippen LogP contribution in [0, 0.1) is 0 Å². The molecule has 0 unspecified atom stereocenters. The van der Waals surface area contributed by atoms with Gasteiger partial charge in [-0.2, -0.15) is 0 Å². The summed E-state index contributed by atoms with van der Waals surface area (Å²) in [7, 11) is 0. The molecule has 0 heterocycles. The monoisotopic (exact) mass is 761 g/mol.